The second kappa shape index (κ2) is 2.35. The van der Waals surface area contributed by atoms with Crippen LogP contribution < -0.4 is 5.32 Å². The van der Waals surface area contributed by atoms with E-state index in [1.165, 1.54) is 0 Å². The standard InChI is InChI=1S/C6H12N2O/c1-6(4-9)2-7-5-8-3-6/h5,9H,2-4H2,1H3,(H,7,8). The first kappa shape index (κ1) is 6.55. The van der Waals surface area contributed by atoms with Crippen LogP contribution in [0, 0.1) is 5.41 Å². The Morgan fingerprint density at radius 1 is 1.89 bits per heavy atom. The Hall–Kier alpha value is -0.570. The van der Waals surface area contributed by atoms with Gasteiger partial charge in [0.15, 0.2) is 0 Å². The Bertz CT molecular complexity index is 124. The fraction of sp³-hybridized carbons (Fsp3) is 0.833. The maximum Gasteiger partial charge on any atom is 0.0824 e. The molecule has 0 aromatic heterocycles. The molecule has 1 rings (SSSR count). The number of aliphatic imine (C=N–C) groups is 1. The van der Waals surface area contributed by atoms with Crippen LogP contribution >= 0.6 is 0 Å². The van der Waals surface area contributed by atoms with Crippen LogP contribution in [0.3, 0.4) is 0 Å². The van der Waals surface area contributed by atoms with E-state index in [1.54, 1.807) is 6.34 Å². The predicted molar refractivity (Wildman–Crippen MR) is 36.6 cm³/mol. The smallest absolute Gasteiger partial charge is 0.0824 e. The normalized spacial score (nSPS) is 34.0. The van der Waals surface area contributed by atoms with E-state index < -0.39 is 0 Å². The average Bonchev–Trinajstić information content (AvgIpc) is 1.90. The zero-order valence-electron chi connectivity index (χ0n) is 5.59. The van der Waals surface area contributed by atoms with Crippen molar-refractivity contribution >= 4 is 6.34 Å². The van der Waals surface area contributed by atoms with Crippen molar-refractivity contribution in [2.45, 2.75) is 6.92 Å². The summed E-state index contributed by atoms with van der Waals surface area (Å²) < 4.78 is 0. The molecule has 52 valence electrons. The fourth-order valence-corrected chi connectivity index (χ4v) is 0.784. The number of rotatable bonds is 1. The van der Waals surface area contributed by atoms with Gasteiger partial charge in [-0.05, 0) is 0 Å². The van der Waals surface area contributed by atoms with E-state index in [1.807, 2.05) is 6.92 Å². The quantitative estimate of drug-likeness (QED) is 0.505. The van der Waals surface area contributed by atoms with E-state index in [9.17, 15) is 0 Å². The third-order valence-corrected chi connectivity index (χ3v) is 1.57. The molecule has 1 heterocycles. The van der Waals surface area contributed by atoms with Crippen molar-refractivity contribution in [3.05, 3.63) is 0 Å². The van der Waals surface area contributed by atoms with Crippen LogP contribution in [0.25, 0.3) is 0 Å². The SMILES string of the molecule is C[C@@]1(CO)CN=CNC1. The Labute approximate surface area is 54.8 Å². The van der Waals surface area contributed by atoms with Gasteiger partial charge in [-0.3, -0.25) is 4.99 Å². The van der Waals surface area contributed by atoms with Crippen molar-refractivity contribution in [3.63, 3.8) is 0 Å². The first-order valence-electron chi connectivity index (χ1n) is 3.09. The van der Waals surface area contributed by atoms with Gasteiger partial charge in [-0.25, -0.2) is 0 Å². The molecule has 1 aliphatic heterocycles. The molecule has 0 bridgehead atoms. The van der Waals surface area contributed by atoms with Crippen LogP contribution in [0.2, 0.25) is 0 Å². The van der Waals surface area contributed by atoms with Crippen molar-refractivity contribution in [1.82, 2.24) is 5.32 Å². The Kier molecular flexibility index (Phi) is 1.71. The lowest BCUT2D eigenvalue weighted by Gasteiger charge is -2.27. The molecule has 1 aliphatic rings. The van der Waals surface area contributed by atoms with E-state index in [0.717, 1.165) is 13.1 Å². The Morgan fingerprint density at radius 2 is 2.67 bits per heavy atom. The van der Waals surface area contributed by atoms with Gasteiger partial charge in [-0.1, -0.05) is 6.92 Å². The molecular formula is C6H12N2O. The predicted octanol–water partition coefficient (Wildman–Crippen LogP) is -0.384. The number of nitrogens with zero attached hydrogens (tertiary/aromatic N) is 1. The summed E-state index contributed by atoms with van der Waals surface area (Å²) in [6.07, 6.45) is 1.69. The molecule has 0 aliphatic carbocycles. The summed E-state index contributed by atoms with van der Waals surface area (Å²) in [7, 11) is 0. The maximum atomic E-state index is 8.84. The molecule has 0 amide bonds. The van der Waals surface area contributed by atoms with Crippen LogP contribution in [0.15, 0.2) is 4.99 Å². The van der Waals surface area contributed by atoms with Gasteiger partial charge in [0.05, 0.1) is 12.9 Å². The molecule has 3 heteroatoms. The topological polar surface area (TPSA) is 44.6 Å². The molecule has 0 saturated carbocycles. The molecule has 0 aromatic rings. The molecule has 9 heavy (non-hydrogen) atoms. The molecule has 0 unspecified atom stereocenters. The Morgan fingerprint density at radius 3 is 3.00 bits per heavy atom. The van der Waals surface area contributed by atoms with Crippen LogP contribution in [0.5, 0.6) is 0 Å². The lowest BCUT2D eigenvalue weighted by molar-refractivity contribution is 0.149. The summed E-state index contributed by atoms with van der Waals surface area (Å²) in [4.78, 5) is 4.00. The van der Waals surface area contributed by atoms with Crippen molar-refractivity contribution in [3.8, 4) is 0 Å². The summed E-state index contributed by atoms with van der Waals surface area (Å²) in [5.41, 5.74) is -0.0330. The van der Waals surface area contributed by atoms with Gasteiger partial charge in [0.25, 0.3) is 0 Å². The Balaban J connectivity index is 2.50. The maximum absolute atomic E-state index is 8.84. The van der Waals surface area contributed by atoms with E-state index in [2.05, 4.69) is 10.3 Å². The second-order valence-electron chi connectivity index (χ2n) is 2.82. The minimum atomic E-state index is -0.0330. The summed E-state index contributed by atoms with van der Waals surface area (Å²) in [5.74, 6) is 0. The first-order valence-corrected chi connectivity index (χ1v) is 3.09. The third-order valence-electron chi connectivity index (χ3n) is 1.57. The van der Waals surface area contributed by atoms with Gasteiger partial charge in [-0.15, -0.1) is 0 Å². The summed E-state index contributed by atoms with van der Waals surface area (Å²) in [5, 5.41) is 11.8. The van der Waals surface area contributed by atoms with E-state index in [0.29, 0.717) is 0 Å². The van der Waals surface area contributed by atoms with Crippen LogP contribution in [0.4, 0.5) is 0 Å². The lowest BCUT2D eigenvalue weighted by atomic mass is 9.91. The average molecular weight is 128 g/mol. The summed E-state index contributed by atoms with van der Waals surface area (Å²) in [6.45, 7) is 3.78. The van der Waals surface area contributed by atoms with Crippen LogP contribution in [0.1, 0.15) is 6.92 Å². The molecule has 0 fully saturated rings. The molecule has 0 saturated heterocycles. The highest BCUT2D eigenvalue weighted by Gasteiger charge is 2.23. The van der Waals surface area contributed by atoms with Crippen molar-refractivity contribution in [2.24, 2.45) is 10.4 Å². The van der Waals surface area contributed by atoms with Gasteiger partial charge in [-0.2, -0.15) is 0 Å². The molecule has 3 nitrogen and oxygen atoms in total. The van der Waals surface area contributed by atoms with E-state index >= 15 is 0 Å². The lowest BCUT2D eigenvalue weighted by Crippen LogP contribution is -2.40. The van der Waals surface area contributed by atoms with Gasteiger partial charge < -0.3 is 10.4 Å². The monoisotopic (exact) mass is 128 g/mol. The number of aliphatic hydroxyl groups is 1. The van der Waals surface area contributed by atoms with Crippen LogP contribution in [-0.4, -0.2) is 31.1 Å². The minimum Gasteiger partial charge on any atom is -0.396 e. The molecule has 1 atom stereocenters. The second-order valence-corrected chi connectivity index (χ2v) is 2.82. The van der Waals surface area contributed by atoms with E-state index in [-0.39, 0.29) is 12.0 Å². The largest absolute Gasteiger partial charge is 0.396 e. The zero-order chi connectivity index (χ0) is 6.74. The molecule has 0 aromatic carbocycles. The number of hydrogen-bond acceptors (Lipinski definition) is 3. The van der Waals surface area contributed by atoms with Gasteiger partial charge in [0.2, 0.25) is 0 Å². The molecule has 0 spiro atoms. The van der Waals surface area contributed by atoms with Gasteiger partial charge >= 0.3 is 0 Å². The van der Waals surface area contributed by atoms with Crippen LogP contribution in [-0.2, 0) is 0 Å². The first-order chi connectivity index (χ1) is 4.27. The fourth-order valence-electron chi connectivity index (χ4n) is 0.784. The number of aliphatic hydroxyl groups excluding tert-OH is 1. The van der Waals surface area contributed by atoms with Gasteiger partial charge in [0.1, 0.15) is 0 Å². The van der Waals surface area contributed by atoms with Crippen molar-refractivity contribution < 1.29 is 5.11 Å². The highest BCUT2D eigenvalue weighted by Crippen LogP contribution is 2.15. The minimum absolute atomic E-state index is 0.0330. The summed E-state index contributed by atoms with van der Waals surface area (Å²) >= 11 is 0. The highest BCUT2D eigenvalue weighted by atomic mass is 16.3. The molecular weight excluding hydrogens is 116 g/mol. The zero-order valence-corrected chi connectivity index (χ0v) is 5.59. The van der Waals surface area contributed by atoms with Gasteiger partial charge in [0, 0.05) is 18.5 Å². The van der Waals surface area contributed by atoms with Crippen molar-refractivity contribution in [2.75, 3.05) is 19.7 Å². The number of hydrogen-bond donors (Lipinski definition) is 2. The molecule has 0 radical (unpaired) electrons. The van der Waals surface area contributed by atoms with Crippen molar-refractivity contribution in [1.29, 1.82) is 0 Å². The summed E-state index contributed by atoms with van der Waals surface area (Å²) in [6, 6.07) is 0. The van der Waals surface area contributed by atoms with E-state index in [4.69, 9.17) is 5.11 Å². The number of nitrogens with one attached hydrogen (secondary N) is 1. The third kappa shape index (κ3) is 1.42. The molecule has 2 N–H and O–H groups in total. The highest BCUT2D eigenvalue weighted by molar-refractivity contribution is 5.55.